The number of sulfone groups is 1. The second-order valence-electron chi connectivity index (χ2n) is 8.45. The monoisotopic (exact) mass is 366 g/mol. The lowest BCUT2D eigenvalue weighted by Gasteiger charge is -2.36. The molecule has 0 amide bonds. The molecule has 0 fully saturated rings. The van der Waals surface area contributed by atoms with Crippen molar-refractivity contribution in [3.63, 3.8) is 0 Å². The molecule has 1 aliphatic carbocycles. The zero-order chi connectivity index (χ0) is 19.0. The van der Waals surface area contributed by atoms with Crippen LogP contribution in [0.5, 0.6) is 0 Å². The maximum atomic E-state index is 13.2. The molecular weight excluding hydrogens is 332 g/mol. The van der Waals surface area contributed by atoms with Crippen molar-refractivity contribution in [2.24, 2.45) is 5.41 Å². The summed E-state index contributed by atoms with van der Waals surface area (Å²) in [5, 5.41) is 9.27. The van der Waals surface area contributed by atoms with E-state index < -0.39 is 26.4 Å². The van der Waals surface area contributed by atoms with Gasteiger partial charge in [0, 0.05) is 0 Å². The molecule has 142 valence electrons. The second kappa shape index (κ2) is 7.40. The van der Waals surface area contributed by atoms with E-state index in [1.807, 2.05) is 26.8 Å². The minimum absolute atomic E-state index is 0.0624. The van der Waals surface area contributed by atoms with Gasteiger partial charge in [-0.25, -0.2) is 8.42 Å². The summed E-state index contributed by atoms with van der Waals surface area (Å²) in [5.74, 6) is 0. The first-order valence-corrected chi connectivity index (χ1v) is 11.1. The minimum atomic E-state index is -3.43. The lowest BCUT2D eigenvalue weighted by atomic mass is 9.71. The van der Waals surface area contributed by atoms with E-state index in [0.717, 1.165) is 30.4 Å². The van der Waals surface area contributed by atoms with Crippen LogP contribution in [-0.2, 0) is 9.84 Å². The van der Waals surface area contributed by atoms with Crippen LogP contribution in [0.25, 0.3) is 0 Å². The van der Waals surface area contributed by atoms with Gasteiger partial charge in [0.2, 0.25) is 0 Å². The van der Waals surface area contributed by atoms with Gasteiger partial charge < -0.3 is 5.11 Å². The van der Waals surface area contributed by atoms with Crippen LogP contribution in [-0.4, -0.2) is 30.1 Å². The summed E-state index contributed by atoms with van der Waals surface area (Å²) in [6.45, 7) is 12.3. The van der Waals surface area contributed by atoms with Crippen LogP contribution in [0.1, 0.15) is 73.6 Å². The number of rotatable bonds is 5. The number of hydrogen-bond acceptors (Lipinski definition) is 3. The van der Waals surface area contributed by atoms with E-state index in [4.69, 9.17) is 0 Å². The van der Waals surface area contributed by atoms with Gasteiger partial charge in [0.15, 0.2) is 9.84 Å². The molecule has 4 heteroatoms. The van der Waals surface area contributed by atoms with Gasteiger partial charge in [0.25, 0.3) is 0 Å². The van der Waals surface area contributed by atoms with Crippen molar-refractivity contribution in [3.8, 4) is 0 Å². The average Bonchev–Trinajstić information content (AvgIpc) is 2.72. The number of hydrogen-bond donors (Lipinski definition) is 1. The van der Waals surface area contributed by atoms with Crippen molar-refractivity contribution < 1.29 is 13.5 Å². The van der Waals surface area contributed by atoms with Crippen LogP contribution in [0, 0.1) is 5.41 Å². The van der Waals surface area contributed by atoms with Gasteiger partial charge in [-0.2, -0.15) is 0 Å². The van der Waals surface area contributed by atoms with Gasteiger partial charge in [0.05, 0.1) is 11.4 Å². The third-order valence-corrected chi connectivity index (χ3v) is 8.57. The molecule has 0 saturated carbocycles. The maximum absolute atomic E-state index is 13.2. The van der Waals surface area contributed by atoms with Gasteiger partial charge in [-0.1, -0.05) is 49.6 Å². The van der Waals surface area contributed by atoms with Crippen molar-refractivity contribution in [1.82, 2.24) is 0 Å². The zero-order valence-electron chi connectivity index (χ0n) is 16.6. The fourth-order valence-electron chi connectivity index (χ4n) is 4.47. The first kappa shape index (κ1) is 20.4. The Morgan fingerprint density at radius 1 is 1.40 bits per heavy atom. The summed E-state index contributed by atoms with van der Waals surface area (Å²) in [7, 11) is -3.43. The molecule has 0 aromatic heterocycles. The maximum Gasteiger partial charge on any atom is 0.166 e. The van der Waals surface area contributed by atoms with Gasteiger partial charge in [-0.3, -0.25) is 0 Å². The fraction of sp³-hybridized carbons (Fsp3) is 0.714. The summed E-state index contributed by atoms with van der Waals surface area (Å²) in [4.78, 5) is 0. The van der Waals surface area contributed by atoms with Crippen LogP contribution < -0.4 is 0 Å². The van der Waals surface area contributed by atoms with Crippen LogP contribution in [0.4, 0.5) is 0 Å². The molecule has 3 atom stereocenters. The molecule has 0 saturated heterocycles. The van der Waals surface area contributed by atoms with E-state index in [9.17, 15) is 13.5 Å². The van der Waals surface area contributed by atoms with Crippen LogP contribution in [0.2, 0.25) is 0 Å². The molecule has 0 bridgehead atoms. The largest absolute Gasteiger partial charge is 0.387 e. The molecule has 2 rings (SSSR count). The summed E-state index contributed by atoms with van der Waals surface area (Å²) >= 11 is 0. The first-order valence-electron chi connectivity index (χ1n) is 9.47. The molecule has 1 aliphatic heterocycles. The van der Waals surface area contributed by atoms with Crippen molar-refractivity contribution in [2.45, 2.75) is 90.3 Å². The minimum Gasteiger partial charge on any atom is -0.387 e. The number of aliphatic hydroxyl groups excluding tert-OH is 1. The van der Waals surface area contributed by atoms with Gasteiger partial charge in [0.1, 0.15) is 5.25 Å². The SMILES string of the molecule is CC/C=C(\C)C(O)C1C=C(C)C(CC2=C(C)CCCC2(C)C)S1(=O)=O. The topological polar surface area (TPSA) is 54.4 Å². The Hall–Kier alpha value is -0.870. The fourth-order valence-corrected chi connectivity index (χ4v) is 6.82. The Labute approximate surface area is 153 Å². The molecule has 1 N–H and O–H groups in total. The Morgan fingerprint density at radius 3 is 2.60 bits per heavy atom. The van der Waals surface area contributed by atoms with Crippen LogP contribution >= 0.6 is 0 Å². The quantitative estimate of drug-likeness (QED) is 0.716. The van der Waals surface area contributed by atoms with E-state index in [1.165, 1.54) is 17.6 Å². The first-order chi connectivity index (χ1) is 11.5. The zero-order valence-corrected chi connectivity index (χ0v) is 17.4. The lowest BCUT2D eigenvalue weighted by Crippen LogP contribution is -2.36. The highest BCUT2D eigenvalue weighted by Crippen LogP contribution is 2.45. The van der Waals surface area contributed by atoms with Gasteiger partial charge in [-0.05, 0) is 63.9 Å². The molecule has 0 aromatic carbocycles. The molecule has 25 heavy (non-hydrogen) atoms. The molecule has 3 nitrogen and oxygen atoms in total. The van der Waals surface area contributed by atoms with Gasteiger partial charge in [-0.15, -0.1) is 0 Å². The molecule has 2 aliphatic rings. The molecule has 0 aromatic rings. The Kier molecular flexibility index (Phi) is 6.05. The smallest absolute Gasteiger partial charge is 0.166 e. The van der Waals surface area contributed by atoms with Crippen LogP contribution in [0.15, 0.2) is 34.4 Å². The normalized spacial score (nSPS) is 30.4. The number of allylic oxidation sites excluding steroid dienone is 3. The van der Waals surface area contributed by atoms with Crippen molar-refractivity contribution in [3.05, 3.63) is 34.4 Å². The predicted molar refractivity (Wildman–Crippen MR) is 105 cm³/mol. The van der Waals surface area contributed by atoms with E-state index in [1.54, 1.807) is 6.08 Å². The molecule has 3 unspecified atom stereocenters. The summed E-state index contributed by atoms with van der Waals surface area (Å²) in [5.41, 5.74) is 4.35. The molecular formula is C21H34O3S. The summed E-state index contributed by atoms with van der Waals surface area (Å²) < 4.78 is 26.4. The van der Waals surface area contributed by atoms with Crippen molar-refractivity contribution >= 4 is 9.84 Å². The van der Waals surface area contributed by atoms with E-state index in [-0.39, 0.29) is 5.41 Å². The van der Waals surface area contributed by atoms with E-state index >= 15 is 0 Å². The summed E-state index contributed by atoms with van der Waals surface area (Å²) in [6, 6.07) is 0. The molecule has 1 heterocycles. The lowest BCUT2D eigenvalue weighted by molar-refractivity contribution is 0.216. The highest BCUT2D eigenvalue weighted by molar-refractivity contribution is 7.93. The van der Waals surface area contributed by atoms with Crippen molar-refractivity contribution in [2.75, 3.05) is 0 Å². The van der Waals surface area contributed by atoms with Crippen LogP contribution in [0.3, 0.4) is 0 Å². The predicted octanol–water partition coefficient (Wildman–Crippen LogP) is 4.73. The van der Waals surface area contributed by atoms with E-state index in [0.29, 0.717) is 6.42 Å². The highest BCUT2D eigenvalue weighted by Gasteiger charge is 2.45. The van der Waals surface area contributed by atoms with Crippen molar-refractivity contribution in [1.29, 1.82) is 0 Å². The molecule has 0 radical (unpaired) electrons. The average molecular weight is 367 g/mol. The van der Waals surface area contributed by atoms with E-state index in [2.05, 4.69) is 20.8 Å². The standard InChI is InChI=1S/C21H34O3S/c1-7-9-15(3)20(22)19-12-16(4)18(25(19,23)24)13-17-14(2)10-8-11-21(17,5)6/h9,12,18-20,22H,7-8,10-11,13H2,1-6H3/b15-9+. The third kappa shape index (κ3) is 3.95. The third-order valence-electron chi connectivity index (χ3n) is 6.09. The molecule has 0 spiro atoms. The Bertz CT molecular complexity index is 707. The highest BCUT2D eigenvalue weighted by atomic mass is 32.2. The Balaban J connectivity index is 2.33. The second-order valence-corrected chi connectivity index (χ2v) is 10.7. The summed E-state index contributed by atoms with van der Waals surface area (Å²) in [6.07, 6.45) is 7.47. The van der Waals surface area contributed by atoms with Gasteiger partial charge >= 0.3 is 0 Å². The number of aliphatic hydroxyl groups is 1. The Morgan fingerprint density at radius 2 is 2.04 bits per heavy atom.